The van der Waals surface area contributed by atoms with E-state index in [0.29, 0.717) is 34.2 Å². The van der Waals surface area contributed by atoms with Gasteiger partial charge in [-0.05, 0) is 23.6 Å². The summed E-state index contributed by atoms with van der Waals surface area (Å²) in [5, 5.41) is 11.0. The maximum Gasteiger partial charge on any atom is 0.268 e. The van der Waals surface area contributed by atoms with Gasteiger partial charge in [0.15, 0.2) is 5.78 Å². The highest BCUT2D eigenvalue weighted by Gasteiger charge is 2.59. The number of benzene rings is 2. The molecule has 2 atom stereocenters. The van der Waals surface area contributed by atoms with Crippen LogP contribution in [0.2, 0.25) is 0 Å². The number of aliphatic hydroxyl groups is 1. The number of nitrogen functional groups attached to an aromatic ring is 1. The molecule has 0 saturated carbocycles. The minimum atomic E-state index is -1.64. The van der Waals surface area contributed by atoms with Crippen molar-refractivity contribution < 1.29 is 19.4 Å². The summed E-state index contributed by atoms with van der Waals surface area (Å²) >= 11 is 0. The van der Waals surface area contributed by atoms with Crippen molar-refractivity contribution in [3.8, 4) is 5.75 Å². The van der Waals surface area contributed by atoms with Crippen LogP contribution >= 0.6 is 0 Å². The lowest BCUT2D eigenvalue weighted by atomic mass is 9.91. The molecule has 8 nitrogen and oxygen atoms in total. The summed E-state index contributed by atoms with van der Waals surface area (Å²) < 4.78 is 7.51. The zero-order chi connectivity index (χ0) is 22.5. The van der Waals surface area contributed by atoms with E-state index in [0.717, 1.165) is 11.1 Å². The van der Waals surface area contributed by atoms with Crippen LogP contribution in [-0.2, 0) is 12.8 Å². The quantitative estimate of drug-likeness (QED) is 0.545. The van der Waals surface area contributed by atoms with Crippen molar-refractivity contribution in [2.45, 2.75) is 31.5 Å². The number of nitrogens with zero attached hydrogens (tertiary/aromatic N) is 2. The predicted molar refractivity (Wildman–Crippen MR) is 115 cm³/mol. The van der Waals surface area contributed by atoms with Crippen LogP contribution in [0.1, 0.15) is 63.2 Å². The molecule has 2 aromatic carbocycles. The molecule has 0 bridgehead atoms. The molecule has 2 heterocycles. The summed E-state index contributed by atoms with van der Waals surface area (Å²) in [6, 6.07) is 10.9. The van der Waals surface area contributed by atoms with Gasteiger partial charge in [0.2, 0.25) is 5.79 Å². The number of anilines is 1. The van der Waals surface area contributed by atoms with Crippen molar-refractivity contribution in [3.63, 3.8) is 0 Å². The van der Waals surface area contributed by atoms with Gasteiger partial charge in [-0.2, -0.15) is 0 Å². The molecule has 1 amide bonds. The smallest absolute Gasteiger partial charge is 0.268 e. The Balaban J connectivity index is 0.000000217. The predicted octanol–water partition coefficient (Wildman–Crippen LogP) is 2.43. The van der Waals surface area contributed by atoms with Crippen molar-refractivity contribution in [3.05, 3.63) is 76.9 Å². The topological polar surface area (TPSA) is 133 Å². The van der Waals surface area contributed by atoms with Crippen LogP contribution in [0.15, 0.2) is 48.9 Å². The number of ether oxygens (including phenoxy) is 1. The molecule has 3 aromatic rings. The highest BCUT2D eigenvalue weighted by Crippen LogP contribution is 2.56. The Bertz CT molecular complexity index is 1200. The number of hydrogen-bond acceptors (Lipinski definition) is 6. The first-order valence-electron chi connectivity index (χ1n) is 9.89. The molecule has 1 aliphatic carbocycles. The summed E-state index contributed by atoms with van der Waals surface area (Å²) in [5.74, 6) is -2.10. The van der Waals surface area contributed by atoms with Crippen molar-refractivity contribution in [2.24, 2.45) is 12.8 Å². The molecular formula is C23H24N4O4. The van der Waals surface area contributed by atoms with Gasteiger partial charge in [0.05, 0.1) is 11.9 Å². The number of imidazole rings is 1. The van der Waals surface area contributed by atoms with E-state index in [1.807, 2.05) is 18.2 Å². The van der Waals surface area contributed by atoms with Crippen LogP contribution in [0, 0.1) is 0 Å². The number of amides is 1. The summed E-state index contributed by atoms with van der Waals surface area (Å²) in [7, 11) is 1.78. The highest BCUT2D eigenvalue weighted by molar-refractivity contribution is 6.11. The molecule has 0 saturated heterocycles. The molecule has 8 heteroatoms. The molecule has 0 radical (unpaired) electrons. The molecule has 1 aliphatic heterocycles. The highest BCUT2D eigenvalue weighted by atomic mass is 16.6. The van der Waals surface area contributed by atoms with Crippen LogP contribution in [0.3, 0.4) is 0 Å². The fourth-order valence-corrected chi connectivity index (χ4v) is 4.03. The molecule has 0 fully saturated rings. The number of rotatable bonds is 2. The number of aryl methyl sites for hydroxylation is 1. The van der Waals surface area contributed by atoms with Gasteiger partial charge in [-0.1, -0.05) is 38.1 Å². The number of carbonyl (C=O) groups excluding carboxylic acids is 2. The largest absolute Gasteiger partial charge is 0.457 e. The third-order valence-corrected chi connectivity index (χ3v) is 5.62. The second-order valence-corrected chi connectivity index (χ2v) is 8.11. The normalized spacial score (nSPS) is 20.4. The second kappa shape index (κ2) is 7.24. The third-order valence-electron chi connectivity index (χ3n) is 5.62. The van der Waals surface area contributed by atoms with E-state index in [2.05, 4.69) is 18.8 Å². The van der Waals surface area contributed by atoms with Gasteiger partial charge in [0.1, 0.15) is 17.4 Å². The van der Waals surface area contributed by atoms with E-state index in [-0.39, 0.29) is 5.78 Å². The zero-order valence-corrected chi connectivity index (χ0v) is 17.5. The molecule has 5 rings (SSSR count). The maximum absolute atomic E-state index is 12.8. The number of primary amides is 1. The second-order valence-electron chi connectivity index (χ2n) is 8.11. The fourth-order valence-electron chi connectivity index (χ4n) is 4.03. The molecule has 2 aliphatic rings. The number of aromatic nitrogens is 2. The van der Waals surface area contributed by atoms with E-state index in [4.69, 9.17) is 16.2 Å². The van der Waals surface area contributed by atoms with E-state index >= 15 is 0 Å². The number of fused-ring (bicyclic) bond motifs is 5. The van der Waals surface area contributed by atoms with Gasteiger partial charge in [-0.25, -0.2) is 4.98 Å². The Morgan fingerprint density at radius 3 is 2.61 bits per heavy atom. The Labute approximate surface area is 179 Å². The Morgan fingerprint density at radius 1 is 1.29 bits per heavy atom. The number of Topliss-reactive ketones (excluding diaryl/α,β-unsaturated/α-hetero) is 1. The van der Waals surface area contributed by atoms with E-state index < -0.39 is 17.6 Å². The van der Waals surface area contributed by atoms with Crippen LogP contribution in [0.4, 0.5) is 5.69 Å². The van der Waals surface area contributed by atoms with Gasteiger partial charge in [-0.3, -0.25) is 9.59 Å². The lowest BCUT2D eigenvalue weighted by molar-refractivity contribution is -0.134. The van der Waals surface area contributed by atoms with Crippen molar-refractivity contribution in [1.29, 1.82) is 0 Å². The Kier molecular flexibility index (Phi) is 4.82. The van der Waals surface area contributed by atoms with Crippen molar-refractivity contribution in [1.82, 2.24) is 9.55 Å². The molecule has 5 N–H and O–H groups in total. The first-order chi connectivity index (χ1) is 14.6. The zero-order valence-electron chi connectivity index (χ0n) is 17.5. The van der Waals surface area contributed by atoms with Gasteiger partial charge < -0.3 is 25.9 Å². The molecular weight excluding hydrogens is 396 g/mol. The molecule has 160 valence electrons. The molecule has 31 heavy (non-hydrogen) atoms. The molecule has 0 spiro atoms. The monoisotopic (exact) mass is 420 g/mol. The minimum absolute atomic E-state index is 0.174. The molecule has 2 unspecified atom stereocenters. The van der Waals surface area contributed by atoms with E-state index in [9.17, 15) is 14.7 Å². The van der Waals surface area contributed by atoms with Gasteiger partial charge in [0.25, 0.3) is 5.91 Å². The third kappa shape index (κ3) is 3.25. The maximum atomic E-state index is 12.8. The first kappa shape index (κ1) is 20.6. The van der Waals surface area contributed by atoms with Gasteiger partial charge in [-0.15, -0.1) is 0 Å². The lowest BCUT2D eigenvalue weighted by Gasteiger charge is -2.22. The van der Waals surface area contributed by atoms with E-state index in [1.54, 1.807) is 36.0 Å². The lowest BCUT2D eigenvalue weighted by Crippen LogP contribution is -2.32. The number of ketones is 1. The van der Waals surface area contributed by atoms with E-state index in [1.165, 1.54) is 6.33 Å². The summed E-state index contributed by atoms with van der Waals surface area (Å²) in [5.41, 5.74) is 14.2. The Hall–Kier alpha value is -3.65. The summed E-state index contributed by atoms with van der Waals surface area (Å²) in [6.45, 7) is 4.18. The SMILES string of the molecule is CC(C)c1ccc2c(c1)OC1(O)c3cccc(N)c3C(=O)C21.Cn1cnc(C(N)=O)c1. The van der Waals surface area contributed by atoms with Crippen LogP contribution in [0.5, 0.6) is 5.75 Å². The average molecular weight is 420 g/mol. The molecule has 1 aromatic heterocycles. The number of hydrogen-bond donors (Lipinski definition) is 3. The number of carbonyl (C=O) groups is 2. The summed E-state index contributed by atoms with van der Waals surface area (Å²) in [6.07, 6.45) is 3.10. The average Bonchev–Trinajstić information content (AvgIpc) is 3.33. The Morgan fingerprint density at radius 2 is 2.03 bits per heavy atom. The van der Waals surface area contributed by atoms with Gasteiger partial charge in [0, 0.05) is 30.1 Å². The standard InChI is InChI=1S/C18H17NO3.C5H7N3O/c1-9(2)10-6-7-11-14(8-10)22-18(21)12-4-3-5-13(19)15(12)17(20)16(11)18;1-8-2-4(5(6)9)7-3-8/h3-9,16,21H,19H2,1-2H3;2-3H,1H3,(H2,6,9). The van der Waals surface area contributed by atoms with Crippen molar-refractivity contribution >= 4 is 17.4 Å². The van der Waals surface area contributed by atoms with Crippen LogP contribution in [0.25, 0.3) is 0 Å². The number of nitrogens with two attached hydrogens (primary N) is 2. The van der Waals surface area contributed by atoms with Crippen LogP contribution < -0.4 is 16.2 Å². The van der Waals surface area contributed by atoms with Crippen molar-refractivity contribution in [2.75, 3.05) is 5.73 Å². The van der Waals surface area contributed by atoms with Gasteiger partial charge >= 0.3 is 0 Å². The first-order valence-corrected chi connectivity index (χ1v) is 9.89. The summed E-state index contributed by atoms with van der Waals surface area (Å²) in [4.78, 5) is 26.8. The fraction of sp³-hybridized carbons (Fsp3) is 0.261. The van der Waals surface area contributed by atoms with Crippen LogP contribution in [-0.4, -0.2) is 26.3 Å². The minimum Gasteiger partial charge on any atom is -0.457 e.